The lowest BCUT2D eigenvalue weighted by molar-refractivity contribution is -0.116. The molecule has 0 fully saturated rings. The highest BCUT2D eigenvalue weighted by molar-refractivity contribution is 7.13. The summed E-state index contributed by atoms with van der Waals surface area (Å²) in [5, 5.41) is 25.2. The Morgan fingerprint density at radius 1 is 1.37 bits per heavy atom. The second-order valence-corrected chi connectivity index (χ2v) is 8.85. The number of fused-ring (bicyclic) bond motifs is 1. The molecule has 1 atom stereocenters. The maximum absolute atomic E-state index is 14.4. The number of carbonyl (C=O) groups is 2. The van der Waals surface area contributed by atoms with Gasteiger partial charge in [-0.15, -0.1) is 11.3 Å². The Balaban J connectivity index is 1.60. The van der Waals surface area contributed by atoms with E-state index in [1.807, 2.05) is 0 Å². The Hall–Kier alpha value is -3.91. The van der Waals surface area contributed by atoms with Crippen LogP contribution in [-0.4, -0.2) is 35.3 Å². The fourth-order valence-electron chi connectivity index (χ4n) is 4.12. The van der Waals surface area contributed by atoms with Gasteiger partial charge in [0.1, 0.15) is 11.6 Å². The zero-order chi connectivity index (χ0) is 24.9. The van der Waals surface area contributed by atoms with Crippen molar-refractivity contribution in [2.45, 2.75) is 31.9 Å². The van der Waals surface area contributed by atoms with Crippen molar-refractivity contribution >= 4 is 35.1 Å². The van der Waals surface area contributed by atoms with Crippen molar-refractivity contribution in [3.63, 3.8) is 0 Å². The van der Waals surface area contributed by atoms with E-state index in [0.29, 0.717) is 23.4 Å². The van der Waals surface area contributed by atoms with Crippen LogP contribution >= 0.6 is 11.3 Å². The van der Waals surface area contributed by atoms with Crippen LogP contribution in [0.3, 0.4) is 0 Å². The van der Waals surface area contributed by atoms with E-state index in [-0.39, 0.29) is 41.7 Å². The van der Waals surface area contributed by atoms with Crippen molar-refractivity contribution < 1.29 is 28.6 Å². The number of anilines is 1. The van der Waals surface area contributed by atoms with Gasteiger partial charge < -0.3 is 19.9 Å². The number of nitrogens with one attached hydrogen (secondary N) is 1. The lowest BCUT2D eigenvalue weighted by Crippen LogP contribution is -2.31. The molecule has 1 unspecified atom stereocenters. The molecule has 2 heterocycles. The standard InChI is InChI=1S/C24H21BFN3O5S/c1-2-33-23(32)16-4-3-15(10-19(16)26)34-21-11-17-14(9-20(21)30)5-6-25(13-27)18(17)12-22(31)29-24-28-7-8-35-24/h3-4,7-11,18,30H,2,5-6,12H2,1H3,(H,28,29,31). The van der Waals surface area contributed by atoms with Crippen LogP contribution in [0.25, 0.3) is 0 Å². The third kappa shape index (κ3) is 5.44. The summed E-state index contributed by atoms with van der Waals surface area (Å²) in [6, 6.07) is 6.81. The molecule has 11 heteroatoms. The molecule has 4 rings (SSSR count). The number of rotatable bonds is 7. The molecule has 0 aliphatic carbocycles. The molecule has 0 bridgehead atoms. The molecule has 2 aromatic carbocycles. The van der Waals surface area contributed by atoms with E-state index >= 15 is 0 Å². The van der Waals surface area contributed by atoms with E-state index in [1.54, 1.807) is 30.6 Å². The van der Waals surface area contributed by atoms with Crippen molar-refractivity contribution in [2.24, 2.45) is 0 Å². The van der Waals surface area contributed by atoms with Crippen molar-refractivity contribution in [1.82, 2.24) is 4.98 Å². The number of aromatic hydroxyl groups is 1. The number of amides is 1. The smallest absolute Gasteiger partial charge is 0.341 e. The largest absolute Gasteiger partial charge is 0.504 e. The van der Waals surface area contributed by atoms with Crippen LogP contribution in [0.15, 0.2) is 41.9 Å². The number of hydrogen-bond acceptors (Lipinski definition) is 8. The first-order valence-electron chi connectivity index (χ1n) is 11.0. The monoisotopic (exact) mass is 493 g/mol. The second-order valence-electron chi connectivity index (χ2n) is 7.95. The van der Waals surface area contributed by atoms with Gasteiger partial charge in [0.15, 0.2) is 16.6 Å². The average Bonchev–Trinajstić information content (AvgIpc) is 3.33. The number of nitrogens with zero attached hydrogens (tertiary/aromatic N) is 2. The van der Waals surface area contributed by atoms with E-state index in [1.165, 1.54) is 23.5 Å². The highest BCUT2D eigenvalue weighted by Gasteiger charge is 2.36. The van der Waals surface area contributed by atoms with Crippen LogP contribution < -0.4 is 10.1 Å². The fraction of sp³-hybridized carbons (Fsp3) is 0.250. The normalized spacial score (nSPS) is 14.5. The molecule has 2 N–H and O–H groups in total. The van der Waals surface area contributed by atoms with Crippen LogP contribution in [-0.2, 0) is 16.0 Å². The fourth-order valence-corrected chi connectivity index (χ4v) is 4.67. The number of phenols is 1. The predicted octanol–water partition coefficient (Wildman–Crippen LogP) is 4.72. The number of benzene rings is 2. The lowest BCUT2D eigenvalue weighted by atomic mass is 9.35. The van der Waals surface area contributed by atoms with E-state index in [0.717, 1.165) is 11.6 Å². The van der Waals surface area contributed by atoms with Gasteiger partial charge in [-0.05, 0) is 54.6 Å². The number of aryl methyl sites for hydroxylation is 1. The molecule has 178 valence electrons. The summed E-state index contributed by atoms with van der Waals surface area (Å²) >= 11 is 1.30. The van der Waals surface area contributed by atoms with Crippen LogP contribution in [0.1, 0.15) is 40.6 Å². The number of hydrogen-bond donors (Lipinski definition) is 2. The SMILES string of the molecule is CCOC(=O)c1ccc(Oc2cc3c(cc2O)CCB(C#N)C3CC(=O)Nc2nccs2)cc1F. The van der Waals surface area contributed by atoms with Crippen LogP contribution in [0.2, 0.25) is 6.32 Å². The van der Waals surface area contributed by atoms with Crippen LogP contribution in [0.4, 0.5) is 9.52 Å². The first-order valence-corrected chi connectivity index (χ1v) is 11.9. The number of phenolic OH excluding ortho intramolecular Hbond substituents is 1. The summed E-state index contributed by atoms with van der Waals surface area (Å²) in [5.74, 6) is -0.0441. The highest BCUT2D eigenvalue weighted by atomic mass is 32.1. The van der Waals surface area contributed by atoms with Crippen LogP contribution in [0.5, 0.6) is 17.2 Å². The number of halogens is 1. The zero-order valence-corrected chi connectivity index (χ0v) is 19.6. The van der Waals surface area contributed by atoms with Gasteiger partial charge in [-0.3, -0.25) is 4.79 Å². The minimum atomic E-state index is -0.820. The molecular formula is C24H21BFN3O5S. The maximum atomic E-state index is 14.4. The molecule has 0 spiro atoms. The van der Waals surface area contributed by atoms with Gasteiger partial charge in [0.25, 0.3) is 6.71 Å². The molecule has 8 nitrogen and oxygen atoms in total. The number of ether oxygens (including phenoxy) is 2. The highest BCUT2D eigenvalue weighted by Crippen LogP contribution is 2.41. The maximum Gasteiger partial charge on any atom is 0.341 e. The Labute approximate surface area is 205 Å². The Morgan fingerprint density at radius 3 is 2.89 bits per heavy atom. The van der Waals surface area contributed by atoms with Gasteiger partial charge in [-0.25, -0.2) is 19.4 Å². The molecule has 3 aromatic rings. The molecule has 0 radical (unpaired) electrons. The number of carbonyl (C=O) groups excluding carboxylic acids is 2. The molecule has 1 aliphatic rings. The van der Waals surface area contributed by atoms with Gasteiger partial charge in [0, 0.05) is 30.0 Å². The summed E-state index contributed by atoms with van der Waals surface area (Å²) < 4.78 is 25.0. The third-order valence-corrected chi connectivity index (χ3v) is 6.43. The van der Waals surface area contributed by atoms with E-state index in [9.17, 15) is 24.3 Å². The summed E-state index contributed by atoms with van der Waals surface area (Å²) in [4.78, 5) is 28.5. The number of aromatic nitrogens is 1. The van der Waals surface area contributed by atoms with Gasteiger partial charge in [-0.1, -0.05) is 6.32 Å². The average molecular weight is 493 g/mol. The zero-order valence-electron chi connectivity index (χ0n) is 18.8. The summed E-state index contributed by atoms with van der Waals surface area (Å²) in [6.45, 7) is 1.34. The molecule has 0 saturated heterocycles. The predicted molar refractivity (Wildman–Crippen MR) is 129 cm³/mol. The van der Waals surface area contributed by atoms with Gasteiger partial charge >= 0.3 is 5.97 Å². The first-order chi connectivity index (χ1) is 16.9. The van der Waals surface area contributed by atoms with Crippen molar-refractivity contribution in [2.75, 3.05) is 11.9 Å². The van der Waals surface area contributed by atoms with E-state index < -0.39 is 24.3 Å². The minimum Gasteiger partial charge on any atom is -0.504 e. The molecule has 1 amide bonds. The summed E-state index contributed by atoms with van der Waals surface area (Å²) in [6.07, 6.45) is 2.76. The number of esters is 1. The Morgan fingerprint density at radius 2 is 2.20 bits per heavy atom. The quantitative estimate of drug-likeness (QED) is 0.361. The molecule has 0 saturated carbocycles. The number of thiazole rings is 1. The van der Waals surface area contributed by atoms with E-state index in [4.69, 9.17) is 9.47 Å². The van der Waals surface area contributed by atoms with Crippen molar-refractivity contribution in [1.29, 1.82) is 5.26 Å². The van der Waals surface area contributed by atoms with E-state index in [2.05, 4.69) is 16.3 Å². The summed E-state index contributed by atoms with van der Waals surface area (Å²) in [7, 11) is 0. The van der Waals surface area contributed by atoms with Gasteiger partial charge in [0.05, 0.1) is 12.2 Å². The first kappa shape index (κ1) is 24.2. The van der Waals surface area contributed by atoms with Crippen molar-refractivity contribution in [3.05, 3.63) is 64.4 Å². The molecular weight excluding hydrogens is 472 g/mol. The molecule has 1 aliphatic heterocycles. The Kier molecular flexibility index (Phi) is 7.32. The molecule has 1 aromatic heterocycles. The Bertz CT molecular complexity index is 1300. The minimum absolute atomic E-state index is 0.0518. The second kappa shape index (κ2) is 10.6. The lowest BCUT2D eigenvalue weighted by Gasteiger charge is -2.28. The van der Waals surface area contributed by atoms with Crippen LogP contribution in [0, 0.1) is 17.0 Å². The molecule has 35 heavy (non-hydrogen) atoms. The summed E-state index contributed by atoms with van der Waals surface area (Å²) in [5.41, 5.74) is 1.31. The van der Waals surface area contributed by atoms with Gasteiger partial charge in [-0.2, -0.15) is 0 Å². The van der Waals surface area contributed by atoms with Crippen molar-refractivity contribution in [3.8, 4) is 23.2 Å². The number of nitriles is 1. The third-order valence-electron chi connectivity index (χ3n) is 5.74. The van der Waals surface area contributed by atoms with Gasteiger partial charge in [0.2, 0.25) is 5.91 Å². The topological polar surface area (TPSA) is 122 Å².